The number of morpholine rings is 1. The quantitative estimate of drug-likeness (QED) is 0.352. The van der Waals surface area contributed by atoms with E-state index in [1.807, 2.05) is 18.2 Å². The SMILES string of the molecule is CCNC(=NCCc1ccc(OC)cc1Cl)N1CCOC(C2CCCO2)C1.I. The van der Waals surface area contributed by atoms with Crippen molar-refractivity contribution >= 4 is 41.5 Å². The van der Waals surface area contributed by atoms with Crippen LogP contribution in [0.25, 0.3) is 0 Å². The fraction of sp³-hybridized carbons (Fsp3) is 0.650. The van der Waals surface area contributed by atoms with Crippen LogP contribution in [0.3, 0.4) is 0 Å². The number of guanidine groups is 1. The Kier molecular flexibility index (Phi) is 10.1. The van der Waals surface area contributed by atoms with Crippen LogP contribution >= 0.6 is 35.6 Å². The number of nitrogens with zero attached hydrogens (tertiary/aromatic N) is 2. The zero-order valence-corrected chi connectivity index (χ0v) is 19.7. The van der Waals surface area contributed by atoms with Crippen molar-refractivity contribution in [3.05, 3.63) is 28.8 Å². The summed E-state index contributed by atoms with van der Waals surface area (Å²) in [6.45, 7) is 6.83. The van der Waals surface area contributed by atoms with Gasteiger partial charge in [0.05, 0.1) is 19.8 Å². The Hall–Kier alpha value is -0.770. The molecule has 0 bridgehead atoms. The van der Waals surface area contributed by atoms with Gasteiger partial charge in [-0.25, -0.2) is 0 Å². The summed E-state index contributed by atoms with van der Waals surface area (Å²) in [7, 11) is 1.64. The molecule has 1 aromatic carbocycles. The van der Waals surface area contributed by atoms with E-state index in [0.717, 1.165) is 67.8 Å². The van der Waals surface area contributed by atoms with Gasteiger partial charge in [-0.05, 0) is 43.9 Å². The number of benzene rings is 1. The highest BCUT2D eigenvalue weighted by Gasteiger charge is 2.32. The van der Waals surface area contributed by atoms with Crippen LogP contribution in [0.15, 0.2) is 23.2 Å². The number of halogens is 2. The predicted molar refractivity (Wildman–Crippen MR) is 123 cm³/mol. The zero-order chi connectivity index (χ0) is 19.1. The summed E-state index contributed by atoms with van der Waals surface area (Å²) >= 11 is 6.34. The Morgan fingerprint density at radius 1 is 1.32 bits per heavy atom. The Morgan fingerprint density at radius 2 is 2.14 bits per heavy atom. The zero-order valence-electron chi connectivity index (χ0n) is 16.7. The number of methoxy groups -OCH3 is 1. The van der Waals surface area contributed by atoms with Gasteiger partial charge >= 0.3 is 0 Å². The second kappa shape index (κ2) is 12.0. The molecule has 2 aliphatic heterocycles. The molecule has 6 nitrogen and oxygen atoms in total. The van der Waals surface area contributed by atoms with Crippen molar-refractivity contribution in [2.24, 2.45) is 4.99 Å². The second-order valence-electron chi connectivity index (χ2n) is 6.85. The standard InChI is InChI=1S/C20H30ClN3O3.HI/c1-3-22-20(23-9-8-15-6-7-16(25-2)13-17(15)21)24-10-12-27-19(14-24)18-5-4-11-26-18;/h6-7,13,18-19H,3-5,8-12,14H2,1-2H3,(H,22,23);1H. The summed E-state index contributed by atoms with van der Waals surface area (Å²) < 4.78 is 17.0. The van der Waals surface area contributed by atoms with Gasteiger partial charge in [-0.2, -0.15) is 0 Å². The Labute approximate surface area is 190 Å². The van der Waals surface area contributed by atoms with E-state index in [2.05, 4.69) is 17.1 Å². The van der Waals surface area contributed by atoms with E-state index in [-0.39, 0.29) is 36.2 Å². The molecule has 2 saturated heterocycles. The van der Waals surface area contributed by atoms with E-state index in [1.165, 1.54) is 0 Å². The molecule has 2 atom stereocenters. The molecule has 2 aliphatic rings. The van der Waals surface area contributed by atoms with Crippen LogP contribution in [0, 0.1) is 0 Å². The lowest BCUT2D eigenvalue weighted by molar-refractivity contribution is -0.0817. The van der Waals surface area contributed by atoms with Gasteiger partial charge in [-0.15, -0.1) is 24.0 Å². The normalized spacial score (nSPS) is 22.7. The van der Waals surface area contributed by atoms with Crippen molar-refractivity contribution < 1.29 is 14.2 Å². The smallest absolute Gasteiger partial charge is 0.194 e. The first kappa shape index (κ1) is 23.5. The highest BCUT2D eigenvalue weighted by molar-refractivity contribution is 14.0. The molecule has 0 saturated carbocycles. The Morgan fingerprint density at radius 3 is 2.82 bits per heavy atom. The Bertz CT molecular complexity index is 641. The van der Waals surface area contributed by atoms with E-state index >= 15 is 0 Å². The third-order valence-corrected chi connectivity index (χ3v) is 5.36. The average molecular weight is 524 g/mol. The lowest BCUT2D eigenvalue weighted by Gasteiger charge is -2.37. The molecule has 0 aromatic heterocycles. The van der Waals surface area contributed by atoms with Crippen molar-refractivity contribution in [1.29, 1.82) is 0 Å². The van der Waals surface area contributed by atoms with Gasteiger partial charge in [0, 0.05) is 37.8 Å². The summed E-state index contributed by atoms with van der Waals surface area (Å²) in [5.41, 5.74) is 1.08. The monoisotopic (exact) mass is 523 g/mol. The summed E-state index contributed by atoms with van der Waals surface area (Å²) in [4.78, 5) is 7.11. The van der Waals surface area contributed by atoms with Crippen LogP contribution in [0.1, 0.15) is 25.3 Å². The topological polar surface area (TPSA) is 55.3 Å². The summed E-state index contributed by atoms with van der Waals surface area (Å²) in [5, 5.41) is 4.13. The molecule has 2 heterocycles. The maximum absolute atomic E-state index is 6.34. The first-order valence-corrected chi connectivity index (χ1v) is 10.2. The van der Waals surface area contributed by atoms with E-state index < -0.39 is 0 Å². The number of hydrogen-bond acceptors (Lipinski definition) is 4. The molecular weight excluding hydrogens is 493 g/mol. The van der Waals surface area contributed by atoms with Crippen LogP contribution in [0.5, 0.6) is 5.75 Å². The first-order chi connectivity index (χ1) is 13.2. The number of nitrogens with one attached hydrogen (secondary N) is 1. The third kappa shape index (κ3) is 6.37. The lowest BCUT2D eigenvalue weighted by Crippen LogP contribution is -2.53. The molecule has 0 amide bonds. The molecule has 2 unspecified atom stereocenters. The largest absolute Gasteiger partial charge is 0.497 e. The lowest BCUT2D eigenvalue weighted by atomic mass is 10.1. The number of rotatable bonds is 6. The molecule has 158 valence electrons. The van der Waals surface area contributed by atoms with E-state index in [1.54, 1.807) is 7.11 Å². The molecule has 8 heteroatoms. The summed E-state index contributed by atoms with van der Waals surface area (Å²) in [6, 6.07) is 5.79. The minimum Gasteiger partial charge on any atom is -0.497 e. The number of hydrogen-bond donors (Lipinski definition) is 1. The minimum atomic E-state index is 0. The van der Waals surface area contributed by atoms with Crippen LogP contribution in [-0.2, 0) is 15.9 Å². The van der Waals surface area contributed by atoms with Crippen molar-refractivity contribution in [2.45, 2.75) is 38.4 Å². The molecule has 0 aliphatic carbocycles. The third-order valence-electron chi connectivity index (χ3n) is 5.01. The van der Waals surface area contributed by atoms with Gasteiger partial charge in [-0.3, -0.25) is 4.99 Å². The van der Waals surface area contributed by atoms with E-state index in [0.29, 0.717) is 13.2 Å². The molecule has 0 spiro atoms. The molecule has 0 radical (unpaired) electrons. The van der Waals surface area contributed by atoms with Gasteiger partial charge in [0.15, 0.2) is 5.96 Å². The maximum Gasteiger partial charge on any atom is 0.194 e. The van der Waals surface area contributed by atoms with Gasteiger partial charge in [0.1, 0.15) is 11.9 Å². The minimum absolute atomic E-state index is 0. The van der Waals surface area contributed by atoms with Crippen LogP contribution in [0.2, 0.25) is 5.02 Å². The average Bonchev–Trinajstić information content (AvgIpc) is 3.23. The number of aliphatic imine (C=N–C) groups is 1. The summed E-state index contributed by atoms with van der Waals surface area (Å²) in [5.74, 6) is 1.71. The fourth-order valence-electron chi connectivity index (χ4n) is 3.55. The predicted octanol–water partition coefficient (Wildman–Crippen LogP) is 3.35. The first-order valence-electron chi connectivity index (χ1n) is 9.80. The highest BCUT2D eigenvalue weighted by Crippen LogP contribution is 2.23. The van der Waals surface area contributed by atoms with Crippen molar-refractivity contribution in [2.75, 3.05) is 46.5 Å². The van der Waals surface area contributed by atoms with Crippen LogP contribution in [-0.4, -0.2) is 69.6 Å². The van der Waals surface area contributed by atoms with Gasteiger partial charge < -0.3 is 24.4 Å². The van der Waals surface area contributed by atoms with Gasteiger partial charge in [-0.1, -0.05) is 17.7 Å². The van der Waals surface area contributed by atoms with Crippen molar-refractivity contribution in [1.82, 2.24) is 10.2 Å². The molecule has 1 N–H and O–H groups in total. The van der Waals surface area contributed by atoms with Gasteiger partial charge in [0.25, 0.3) is 0 Å². The fourth-order valence-corrected chi connectivity index (χ4v) is 3.82. The number of ether oxygens (including phenoxy) is 3. The summed E-state index contributed by atoms with van der Waals surface area (Å²) in [6.07, 6.45) is 3.34. The molecule has 28 heavy (non-hydrogen) atoms. The highest BCUT2D eigenvalue weighted by atomic mass is 127. The molecule has 2 fully saturated rings. The Balaban J connectivity index is 0.00000280. The van der Waals surface area contributed by atoms with E-state index in [4.69, 9.17) is 30.8 Å². The molecule has 3 rings (SSSR count). The van der Waals surface area contributed by atoms with E-state index in [9.17, 15) is 0 Å². The van der Waals surface area contributed by atoms with Crippen molar-refractivity contribution in [3.8, 4) is 5.75 Å². The van der Waals surface area contributed by atoms with Crippen LogP contribution < -0.4 is 10.1 Å². The van der Waals surface area contributed by atoms with Crippen LogP contribution in [0.4, 0.5) is 0 Å². The maximum atomic E-state index is 6.34. The van der Waals surface area contributed by atoms with Gasteiger partial charge in [0.2, 0.25) is 0 Å². The molecular formula is C20H31ClIN3O3. The second-order valence-corrected chi connectivity index (χ2v) is 7.26. The molecule has 1 aromatic rings. The van der Waals surface area contributed by atoms with Crippen molar-refractivity contribution in [3.63, 3.8) is 0 Å².